The highest BCUT2D eigenvalue weighted by Gasteiger charge is 2.07. The Labute approximate surface area is 148 Å². The largest absolute Gasteiger partial charge is 0.367 e. The summed E-state index contributed by atoms with van der Waals surface area (Å²) in [4.78, 5) is 15.7. The van der Waals surface area contributed by atoms with Gasteiger partial charge in [-0.05, 0) is 36.2 Å². The average molecular weight is 374 g/mol. The van der Waals surface area contributed by atoms with Crippen LogP contribution in [-0.2, 0) is 11.2 Å². The fourth-order valence-electron chi connectivity index (χ4n) is 2.00. The van der Waals surface area contributed by atoms with Crippen LogP contribution in [0.3, 0.4) is 0 Å². The Kier molecular flexibility index (Phi) is 6.75. The van der Waals surface area contributed by atoms with Crippen molar-refractivity contribution in [3.8, 4) is 0 Å². The van der Waals surface area contributed by atoms with Crippen LogP contribution in [0.4, 0.5) is 14.6 Å². The fourth-order valence-corrected chi connectivity index (χ4v) is 2.45. The number of nitrogens with zero attached hydrogens (tertiary/aromatic N) is 1. The molecule has 4 nitrogen and oxygen atoms in total. The third-order valence-corrected chi connectivity index (χ3v) is 3.67. The molecule has 1 amide bonds. The first kappa shape index (κ1) is 18.4. The lowest BCUT2D eigenvalue weighted by molar-refractivity contribution is -0.120. The summed E-state index contributed by atoms with van der Waals surface area (Å²) in [5.74, 6) is -0.828. The molecule has 2 N–H and O–H groups in total. The topological polar surface area (TPSA) is 54.0 Å². The smallest absolute Gasteiger partial charge is 0.220 e. The molecule has 0 saturated heterocycles. The van der Waals surface area contributed by atoms with Gasteiger partial charge in [0.05, 0.1) is 10.0 Å². The molecule has 0 aliphatic carbocycles. The number of benzene rings is 1. The van der Waals surface area contributed by atoms with Crippen LogP contribution >= 0.6 is 23.2 Å². The van der Waals surface area contributed by atoms with Gasteiger partial charge in [-0.3, -0.25) is 4.79 Å². The van der Waals surface area contributed by atoms with E-state index >= 15 is 0 Å². The van der Waals surface area contributed by atoms with Crippen LogP contribution in [0, 0.1) is 11.6 Å². The molecule has 0 unspecified atom stereocenters. The van der Waals surface area contributed by atoms with E-state index in [2.05, 4.69) is 15.6 Å². The minimum Gasteiger partial charge on any atom is -0.367 e. The van der Waals surface area contributed by atoms with E-state index in [1.165, 1.54) is 6.20 Å². The number of carbonyl (C=O) groups excluding carboxylic acids is 1. The molecule has 2 rings (SSSR count). The molecule has 2 aromatic rings. The summed E-state index contributed by atoms with van der Waals surface area (Å²) in [7, 11) is 0. The van der Waals surface area contributed by atoms with E-state index in [-0.39, 0.29) is 24.3 Å². The standard InChI is InChI=1S/C16H15Cl2F2N3O/c17-11-8-13(18)16(23-9-11)22-6-5-21-15(24)4-1-10-7-12(19)2-3-14(10)20/h2-3,7-9H,1,4-6H2,(H,21,24)(H,22,23). The summed E-state index contributed by atoms with van der Waals surface area (Å²) >= 11 is 11.7. The van der Waals surface area contributed by atoms with Gasteiger partial charge in [0.25, 0.3) is 0 Å². The van der Waals surface area contributed by atoms with Gasteiger partial charge in [-0.2, -0.15) is 0 Å². The van der Waals surface area contributed by atoms with Crippen LogP contribution in [0.1, 0.15) is 12.0 Å². The summed E-state index contributed by atoms with van der Waals surface area (Å²) in [6.45, 7) is 0.750. The third kappa shape index (κ3) is 5.62. The van der Waals surface area contributed by atoms with E-state index in [0.29, 0.717) is 29.0 Å². The number of hydrogen-bond acceptors (Lipinski definition) is 3. The van der Waals surface area contributed by atoms with Crippen LogP contribution in [0.25, 0.3) is 0 Å². The molecule has 0 atom stereocenters. The second-order valence-electron chi connectivity index (χ2n) is 5.00. The molecular weight excluding hydrogens is 359 g/mol. The van der Waals surface area contributed by atoms with E-state index in [1.807, 2.05) is 0 Å². The molecule has 1 heterocycles. The molecule has 0 radical (unpaired) electrons. The molecular formula is C16H15Cl2F2N3O. The van der Waals surface area contributed by atoms with Gasteiger partial charge in [0.2, 0.25) is 5.91 Å². The number of nitrogens with one attached hydrogen (secondary N) is 2. The van der Waals surface area contributed by atoms with Gasteiger partial charge in [-0.1, -0.05) is 23.2 Å². The number of rotatable bonds is 7. The normalized spacial score (nSPS) is 10.5. The van der Waals surface area contributed by atoms with Crippen molar-refractivity contribution >= 4 is 34.9 Å². The number of pyridine rings is 1. The summed E-state index contributed by atoms with van der Waals surface area (Å²) in [6, 6.07) is 4.75. The first-order valence-corrected chi connectivity index (χ1v) is 7.97. The molecule has 8 heteroatoms. The van der Waals surface area contributed by atoms with Gasteiger partial charge in [0.1, 0.15) is 17.5 Å². The summed E-state index contributed by atoms with van der Waals surface area (Å²) in [5, 5.41) is 6.45. The van der Waals surface area contributed by atoms with Crippen molar-refractivity contribution < 1.29 is 13.6 Å². The number of halogens is 4. The van der Waals surface area contributed by atoms with Crippen LogP contribution in [0.5, 0.6) is 0 Å². The minimum absolute atomic E-state index is 0.0698. The van der Waals surface area contributed by atoms with Crippen LogP contribution < -0.4 is 10.6 Å². The van der Waals surface area contributed by atoms with Gasteiger partial charge < -0.3 is 10.6 Å². The predicted octanol–water partition coefficient (Wildman–Crippen LogP) is 3.83. The van der Waals surface area contributed by atoms with Crippen molar-refractivity contribution in [2.24, 2.45) is 0 Å². The third-order valence-electron chi connectivity index (χ3n) is 3.18. The Balaban J connectivity index is 1.70. The first-order valence-electron chi connectivity index (χ1n) is 7.21. The van der Waals surface area contributed by atoms with Crippen molar-refractivity contribution in [2.45, 2.75) is 12.8 Å². The van der Waals surface area contributed by atoms with Crippen LogP contribution in [0.2, 0.25) is 10.0 Å². The molecule has 1 aromatic heterocycles. The molecule has 0 aliphatic heterocycles. The van der Waals surface area contributed by atoms with Crippen molar-refractivity contribution in [2.75, 3.05) is 18.4 Å². The second kappa shape index (κ2) is 8.80. The highest BCUT2D eigenvalue weighted by Crippen LogP contribution is 2.22. The molecule has 0 fully saturated rings. The Morgan fingerprint density at radius 2 is 1.96 bits per heavy atom. The summed E-state index contributed by atoms with van der Waals surface area (Å²) in [6.07, 6.45) is 1.66. The van der Waals surface area contributed by atoms with E-state index < -0.39 is 11.6 Å². The quantitative estimate of drug-likeness (QED) is 0.725. The minimum atomic E-state index is -0.525. The monoisotopic (exact) mass is 373 g/mol. The predicted molar refractivity (Wildman–Crippen MR) is 90.4 cm³/mol. The zero-order valence-electron chi connectivity index (χ0n) is 12.6. The molecule has 0 bridgehead atoms. The van der Waals surface area contributed by atoms with E-state index in [0.717, 1.165) is 18.2 Å². The van der Waals surface area contributed by atoms with Crippen molar-refractivity contribution in [1.82, 2.24) is 10.3 Å². The number of anilines is 1. The second-order valence-corrected chi connectivity index (χ2v) is 5.84. The fraction of sp³-hybridized carbons (Fsp3) is 0.250. The number of aromatic nitrogens is 1. The highest BCUT2D eigenvalue weighted by molar-refractivity contribution is 6.35. The van der Waals surface area contributed by atoms with E-state index in [1.54, 1.807) is 6.07 Å². The number of hydrogen-bond donors (Lipinski definition) is 2. The summed E-state index contributed by atoms with van der Waals surface area (Å²) < 4.78 is 26.5. The number of amides is 1. The molecule has 24 heavy (non-hydrogen) atoms. The average Bonchev–Trinajstić information content (AvgIpc) is 2.54. The Morgan fingerprint density at radius 3 is 2.71 bits per heavy atom. The molecule has 0 aliphatic rings. The summed E-state index contributed by atoms with van der Waals surface area (Å²) in [5.41, 5.74) is 0.181. The van der Waals surface area contributed by atoms with Crippen LogP contribution in [0.15, 0.2) is 30.5 Å². The Bertz CT molecular complexity index is 728. The SMILES string of the molecule is O=C(CCc1cc(F)ccc1F)NCCNc1ncc(Cl)cc1Cl. The van der Waals surface area contributed by atoms with Crippen molar-refractivity contribution in [3.05, 3.63) is 57.7 Å². The molecule has 1 aromatic carbocycles. The van der Waals surface area contributed by atoms with E-state index in [9.17, 15) is 13.6 Å². The Hall–Kier alpha value is -1.92. The molecule has 128 valence electrons. The maximum atomic E-state index is 13.4. The lowest BCUT2D eigenvalue weighted by Gasteiger charge is -2.09. The number of carbonyl (C=O) groups is 1. The highest BCUT2D eigenvalue weighted by atomic mass is 35.5. The Morgan fingerprint density at radius 1 is 1.17 bits per heavy atom. The molecule has 0 spiro atoms. The van der Waals surface area contributed by atoms with Gasteiger partial charge in [-0.15, -0.1) is 0 Å². The maximum Gasteiger partial charge on any atom is 0.220 e. The lowest BCUT2D eigenvalue weighted by atomic mass is 10.1. The van der Waals surface area contributed by atoms with Gasteiger partial charge in [0.15, 0.2) is 0 Å². The lowest BCUT2D eigenvalue weighted by Crippen LogP contribution is -2.29. The van der Waals surface area contributed by atoms with Crippen LogP contribution in [-0.4, -0.2) is 24.0 Å². The molecule has 0 saturated carbocycles. The van der Waals surface area contributed by atoms with E-state index in [4.69, 9.17) is 23.2 Å². The van der Waals surface area contributed by atoms with Gasteiger partial charge in [0, 0.05) is 25.7 Å². The zero-order valence-corrected chi connectivity index (χ0v) is 14.1. The van der Waals surface area contributed by atoms with Crippen molar-refractivity contribution in [1.29, 1.82) is 0 Å². The zero-order chi connectivity index (χ0) is 17.5. The van der Waals surface area contributed by atoms with Gasteiger partial charge >= 0.3 is 0 Å². The van der Waals surface area contributed by atoms with Gasteiger partial charge in [-0.25, -0.2) is 13.8 Å². The maximum absolute atomic E-state index is 13.4. The first-order chi connectivity index (χ1) is 11.5. The number of aryl methyl sites for hydroxylation is 1. The van der Waals surface area contributed by atoms with Crippen molar-refractivity contribution in [3.63, 3.8) is 0 Å².